The van der Waals surface area contributed by atoms with E-state index in [1.165, 1.54) is 4.90 Å². The molecule has 108 valence electrons. The number of phenolic OH excluding ortho intramolecular Hbond substituents is 1. The van der Waals surface area contributed by atoms with Gasteiger partial charge in [-0.1, -0.05) is 12.1 Å². The molecular formula is C14H20F3NO. The molecule has 0 aliphatic carbocycles. The summed E-state index contributed by atoms with van der Waals surface area (Å²) in [6.07, 6.45) is -3.66. The zero-order valence-corrected chi connectivity index (χ0v) is 11.4. The number of aromatic hydroxyl groups is 1. The van der Waals surface area contributed by atoms with Crippen LogP contribution in [-0.2, 0) is 6.42 Å². The second-order valence-corrected chi connectivity index (χ2v) is 5.10. The molecule has 0 aliphatic rings. The van der Waals surface area contributed by atoms with E-state index < -0.39 is 12.7 Å². The number of phenols is 1. The van der Waals surface area contributed by atoms with Gasteiger partial charge in [-0.15, -0.1) is 0 Å². The van der Waals surface area contributed by atoms with Crippen molar-refractivity contribution in [1.82, 2.24) is 4.90 Å². The lowest BCUT2D eigenvalue weighted by molar-refractivity contribution is -0.154. The van der Waals surface area contributed by atoms with Gasteiger partial charge >= 0.3 is 6.18 Å². The second-order valence-electron chi connectivity index (χ2n) is 5.10. The van der Waals surface area contributed by atoms with E-state index in [2.05, 4.69) is 0 Å². The van der Waals surface area contributed by atoms with Crippen LogP contribution in [0.4, 0.5) is 13.2 Å². The van der Waals surface area contributed by atoms with Crippen LogP contribution in [0.3, 0.4) is 0 Å². The van der Waals surface area contributed by atoms with Crippen LogP contribution in [0.5, 0.6) is 5.75 Å². The van der Waals surface area contributed by atoms with Crippen molar-refractivity contribution < 1.29 is 18.3 Å². The molecule has 0 bridgehead atoms. The van der Waals surface area contributed by atoms with E-state index in [9.17, 15) is 18.3 Å². The molecule has 0 fully saturated rings. The van der Waals surface area contributed by atoms with Crippen molar-refractivity contribution in [3.8, 4) is 5.75 Å². The van der Waals surface area contributed by atoms with E-state index in [0.29, 0.717) is 6.42 Å². The molecule has 0 amide bonds. The number of benzene rings is 1. The quantitative estimate of drug-likeness (QED) is 0.887. The molecule has 0 radical (unpaired) electrons. The third kappa shape index (κ3) is 5.51. The van der Waals surface area contributed by atoms with Crippen LogP contribution in [0.2, 0.25) is 0 Å². The Balaban J connectivity index is 2.71. The Labute approximate surface area is 111 Å². The number of nitrogens with zero attached hydrogens (tertiary/aromatic N) is 1. The molecule has 0 saturated heterocycles. The van der Waals surface area contributed by atoms with Crippen molar-refractivity contribution >= 4 is 0 Å². The zero-order valence-electron chi connectivity index (χ0n) is 11.4. The third-order valence-electron chi connectivity index (χ3n) is 3.06. The van der Waals surface area contributed by atoms with Gasteiger partial charge in [-0.05, 0) is 44.9 Å². The topological polar surface area (TPSA) is 23.5 Å². The number of hydrogen-bond acceptors (Lipinski definition) is 2. The zero-order chi connectivity index (χ0) is 14.6. The van der Waals surface area contributed by atoms with E-state index in [1.807, 2.05) is 0 Å². The first-order chi connectivity index (χ1) is 8.69. The molecule has 1 N–H and O–H groups in total. The smallest absolute Gasteiger partial charge is 0.401 e. The summed E-state index contributed by atoms with van der Waals surface area (Å²) in [5.41, 5.74) is 0.915. The summed E-state index contributed by atoms with van der Waals surface area (Å²) >= 11 is 0. The van der Waals surface area contributed by atoms with E-state index in [1.54, 1.807) is 45.0 Å². The fourth-order valence-electron chi connectivity index (χ4n) is 2.14. The van der Waals surface area contributed by atoms with Crippen LogP contribution in [0.1, 0.15) is 26.3 Å². The molecule has 1 atom stereocenters. The molecule has 0 spiro atoms. The maximum Gasteiger partial charge on any atom is 0.401 e. The Morgan fingerprint density at radius 3 is 2.05 bits per heavy atom. The highest BCUT2D eigenvalue weighted by molar-refractivity contribution is 5.26. The maximum absolute atomic E-state index is 12.5. The van der Waals surface area contributed by atoms with Crippen LogP contribution in [0.25, 0.3) is 0 Å². The summed E-state index contributed by atoms with van der Waals surface area (Å²) < 4.78 is 37.6. The predicted molar refractivity (Wildman–Crippen MR) is 69.2 cm³/mol. The Kier molecular flexibility index (Phi) is 5.23. The van der Waals surface area contributed by atoms with Crippen molar-refractivity contribution in [2.75, 3.05) is 6.54 Å². The minimum Gasteiger partial charge on any atom is -0.508 e. The Hall–Kier alpha value is -1.23. The fourth-order valence-corrected chi connectivity index (χ4v) is 2.14. The van der Waals surface area contributed by atoms with E-state index in [0.717, 1.165) is 5.56 Å². The largest absolute Gasteiger partial charge is 0.508 e. The van der Waals surface area contributed by atoms with Crippen molar-refractivity contribution in [3.05, 3.63) is 29.8 Å². The molecule has 5 heteroatoms. The van der Waals surface area contributed by atoms with E-state index in [4.69, 9.17) is 0 Å². The van der Waals surface area contributed by atoms with Crippen molar-refractivity contribution in [2.24, 2.45) is 0 Å². The second kappa shape index (κ2) is 6.28. The van der Waals surface area contributed by atoms with Gasteiger partial charge in [-0.2, -0.15) is 13.2 Å². The number of alkyl halides is 3. The Morgan fingerprint density at radius 1 is 1.11 bits per heavy atom. The highest BCUT2D eigenvalue weighted by Crippen LogP contribution is 2.21. The van der Waals surface area contributed by atoms with Gasteiger partial charge in [0.1, 0.15) is 5.75 Å². The van der Waals surface area contributed by atoms with E-state index in [-0.39, 0.29) is 17.8 Å². The van der Waals surface area contributed by atoms with Gasteiger partial charge < -0.3 is 5.11 Å². The average molecular weight is 275 g/mol. The van der Waals surface area contributed by atoms with Gasteiger partial charge in [0.15, 0.2) is 0 Å². The molecule has 2 nitrogen and oxygen atoms in total. The summed E-state index contributed by atoms with van der Waals surface area (Å²) in [5.74, 6) is 0.160. The summed E-state index contributed by atoms with van der Waals surface area (Å²) in [6, 6.07) is 6.17. The molecule has 19 heavy (non-hydrogen) atoms. The van der Waals surface area contributed by atoms with Gasteiger partial charge in [0, 0.05) is 12.1 Å². The molecule has 1 rings (SSSR count). The Bertz CT molecular complexity index is 387. The maximum atomic E-state index is 12.5. The summed E-state index contributed by atoms with van der Waals surface area (Å²) in [6.45, 7) is 4.42. The van der Waals surface area contributed by atoms with Crippen molar-refractivity contribution in [2.45, 2.75) is 45.5 Å². The molecule has 0 aliphatic heterocycles. The van der Waals surface area contributed by atoms with E-state index >= 15 is 0 Å². The molecular weight excluding hydrogens is 255 g/mol. The standard InChI is InChI=1S/C14H20F3NO/c1-10(2)18(9-14(15,16)17)11(3)8-12-4-6-13(19)7-5-12/h4-7,10-11,19H,8-9H2,1-3H3. The first kappa shape index (κ1) is 15.8. The fraction of sp³-hybridized carbons (Fsp3) is 0.571. The summed E-state index contributed by atoms with van der Waals surface area (Å²) in [4.78, 5) is 1.44. The SMILES string of the molecule is CC(C)N(CC(F)(F)F)C(C)Cc1ccc(O)cc1. The first-order valence-electron chi connectivity index (χ1n) is 6.29. The number of halogens is 3. The van der Waals surface area contributed by atoms with Gasteiger partial charge in [0.25, 0.3) is 0 Å². The normalized spacial score (nSPS) is 14.1. The summed E-state index contributed by atoms with van der Waals surface area (Å²) in [7, 11) is 0. The van der Waals surface area contributed by atoms with Crippen molar-refractivity contribution in [3.63, 3.8) is 0 Å². The highest BCUT2D eigenvalue weighted by Gasteiger charge is 2.33. The van der Waals surface area contributed by atoms with Crippen molar-refractivity contribution in [1.29, 1.82) is 0 Å². The molecule has 0 heterocycles. The monoisotopic (exact) mass is 275 g/mol. The highest BCUT2D eigenvalue weighted by atomic mass is 19.4. The molecule has 0 aromatic heterocycles. The van der Waals surface area contributed by atoms with Crippen LogP contribution in [0.15, 0.2) is 24.3 Å². The van der Waals surface area contributed by atoms with Crippen LogP contribution in [-0.4, -0.2) is 34.8 Å². The van der Waals surface area contributed by atoms with Crippen LogP contribution < -0.4 is 0 Å². The number of rotatable bonds is 5. The molecule has 1 unspecified atom stereocenters. The lowest BCUT2D eigenvalue weighted by Gasteiger charge is -2.33. The molecule has 1 aromatic rings. The summed E-state index contributed by atoms with van der Waals surface area (Å²) in [5, 5.41) is 9.18. The molecule has 0 saturated carbocycles. The van der Waals surface area contributed by atoms with Gasteiger partial charge in [-0.3, -0.25) is 4.90 Å². The minimum atomic E-state index is -4.19. The van der Waals surface area contributed by atoms with Gasteiger partial charge in [-0.25, -0.2) is 0 Å². The van der Waals surface area contributed by atoms with Gasteiger partial charge in [0.2, 0.25) is 0 Å². The number of hydrogen-bond donors (Lipinski definition) is 1. The average Bonchev–Trinajstić information content (AvgIpc) is 2.27. The lowest BCUT2D eigenvalue weighted by atomic mass is 10.0. The minimum absolute atomic E-state index is 0.160. The Morgan fingerprint density at radius 2 is 1.63 bits per heavy atom. The van der Waals surface area contributed by atoms with Crippen LogP contribution in [0, 0.1) is 0 Å². The third-order valence-corrected chi connectivity index (χ3v) is 3.06. The van der Waals surface area contributed by atoms with Crippen LogP contribution >= 0.6 is 0 Å². The predicted octanol–water partition coefficient (Wildman–Crippen LogP) is 3.60. The first-order valence-corrected chi connectivity index (χ1v) is 6.29. The lowest BCUT2D eigenvalue weighted by Crippen LogP contribution is -2.45. The molecule has 1 aromatic carbocycles. The van der Waals surface area contributed by atoms with Gasteiger partial charge in [0.05, 0.1) is 6.54 Å².